The first-order valence-corrected chi connectivity index (χ1v) is 7.84. The lowest BCUT2D eigenvalue weighted by Crippen LogP contribution is -2.25. The third-order valence-corrected chi connectivity index (χ3v) is 3.86. The molecule has 0 aliphatic carbocycles. The number of rotatable bonds is 6. The molecular formula is C19H22N2O. The zero-order chi connectivity index (χ0) is 15.9. The number of unbranched alkanes of at least 4 members (excludes halogenated alkanes) is 2. The predicted octanol–water partition coefficient (Wildman–Crippen LogP) is 4.08. The average Bonchev–Trinajstić information content (AvgIpc) is 2.52. The first-order valence-electron chi connectivity index (χ1n) is 7.84. The van der Waals surface area contributed by atoms with Gasteiger partial charge in [-0.05, 0) is 25.0 Å². The summed E-state index contributed by atoms with van der Waals surface area (Å²) in [6.07, 6.45) is 3.36. The van der Waals surface area contributed by atoms with Crippen molar-refractivity contribution in [2.24, 2.45) is 0 Å². The Bertz CT molecular complexity index is 721. The van der Waals surface area contributed by atoms with Crippen molar-refractivity contribution < 1.29 is 0 Å². The minimum absolute atomic E-state index is 0.0317. The number of nitriles is 1. The third kappa shape index (κ3) is 3.65. The van der Waals surface area contributed by atoms with Gasteiger partial charge in [0.05, 0.1) is 18.2 Å². The van der Waals surface area contributed by atoms with Crippen molar-refractivity contribution in [2.75, 3.05) is 0 Å². The Morgan fingerprint density at radius 2 is 1.82 bits per heavy atom. The van der Waals surface area contributed by atoms with Crippen molar-refractivity contribution in [3.63, 3.8) is 0 Å². The van der Waals surface area contributed by atoms with E-state index in [4.69, 9.17) is 5.26 Å². The fraction of sp³-hybridized carbons (Fsp3) is 0.368. The Balaban J connectivity index is 2.47. The number of benzene rings is 1. The van der Waals surface area contributed by atoms with E-state index in [1.807, 2.05) is 29.7 Å². The maximum absolute atomic E-state index is 12.6. The molecule has 0 saturated carbocycles. The van der Waals surface area contributed by atoms with Gasteiger partial charge in [0, 0.05) is 12.1 Å². The highest BCUT2D eigenvalue weighted by atomic mass is 16.1. The molecule has 0 amide bonds. The van der Waals surface area contributed by atoms with Gasteiger partial charge in [-0.2, -0.15) is 5.26 Å². The molecule has 1 aromatic heterocycles. The Morgan fingerprint density at radius 3 is 2.45 bits per heavy atom. The van der Waals surface area contributed by atoms with E-state index in [1.165, 1.54) is 5.56 Å². The van der Waals surface area contributed by atoms with Gasteiger partial charge in [-0.3, -0.25) is 4.79 Å². The Morgan fingerprint density at radius 1 is 1.09 bits per heavy atom. The summed E-state index contributed by atoms with van der Waals surface area (Å²) < 4.78 is 1.83. The summed E-state index contributed by atoms with van der Waals surface area (Å²) in [5, 5.41) is 8.87. The highest BCUT2D eigenvalue weighted by Gasteiger charge is 2.10. The van der Waals surface area contributed by atoms with Crippen LogP contribution in [0.2, 0.25) is 0 Å². The van der Waals surface area contributed by atoms with Crippen LogP contribution in [0.5, 0.6) is 0 Å². The number of aromatic nitrogens is 1. The second-order valence-electron chi connectivity index (χ2n) is 5.61. The van der Waals surface area contributed by atoms with Gasteiger partial charge >= 0.3 is 0 Å². The van der Waals surface area contributed by atoms with Gasteiger partial charge < -0.3 is 4.57 Å². The van der Waals surface area contributed by atoms with Crippen LogP contribution in [0.25, 0.3) is 11.3 Å². The monoisotopic (exact) mass is 294 g/mol. The van der Waals surface area contributed by atoms with Crippen molar-refractivity contribution in [1.29, 1.82) is 5.26 Å². The number of hydrogen-bond donors (Lipinski definition) is 0. The van der Waals surface area contributed by atoms with Gasteiger partial charge in [0.15, 0.2) is 0 Å². The average molecular weight is 294 g/mol. The van der Waals surface area contributed by atoms with Crippen molar-refractivity contribution in [1.82, 2.24) is 4.57 Å². The highest BCUT2D eigenvalue weighted by Crippen LogP contribution is 2.20. The fourth-order valence-electron chi connectivity index (χ4n) is 2.56. The lowest BCUT2D eigenvalue weighted by atomic mass is 10.1. The second kappa shape index (κ2) is 7.61. The zero-order valence-electron chi connectivity index (χ0n) is 13.3. The SMILES string of the molecule is CCCCCn1c(-c2ccc(C)cc2)ccc(CC#N)c1=O. The number of hydrogen-bond acceptors (Lipinski definition) is 2. The standard InChI is InChI=1S/C19H22N2O/c1-3-4-5-14-21-18(16-8-6-15(2)7-9-16)11-10-17(12-13-20)19(21)22/h6-11H,3-5,12,14H2,1-2H3. The van der Waals surface area contributed by atoms with E-state index in [2.05, 4.69) is 25.1 Å². The summed E-state index contributed by atoms with van der Waals surface area (Å²) in [4.78, 5) is 12.6. The normalized spacial score (nSPS) is 10.4. The van der Waals surface area contributed by atoms with Crippen LogP contribution in [-0.2, 0) is 13.0 Å². The van der Waals surface area contributed by atoms with Crippen molar-refractivity contribution in [2.45, 2.75) is 46.1 Å². The Hall–Kier alpha value is -2.34. The van der Waals surface area contributed by atoms with E-state index in [9.17, 15) is 4.79 Å². The molecule has 0 aliphatic rings. The topological polar surface area (TPSA) is 45.8 Å². The predicted molar refractivity (Wildman–Crippen MR) is 89.7 cm³/mol. The number of aryl methyl sites for hydroxylation is 1. The van der Waals surface area contributed by atoms with E-state index in [-0.39, 0.29) is 12.0 Å². The molecule has 2 rings (SSSR count). The molecule has 22 heavy (non-hydrogen) atoms. The van der Waals surface area contributed by atoms with Crippen LogP contribution in [0.3, 0.4) is 0 Å². The van der Waals surface area contributed by atoms with Gasteiger partial charge in [-0.25, -0.2) is 0 Å². The number of pyridine rings is 1. The molecule has 0 aliphatic heterocycles. The highest BCUT2D eigenvalue weighted by molar-refractivity contribution is 5.60. The van der Waals surface area contributed by atoms with E-state index < -0.39 is 0 Å². The van der Waals surface area contributed by atoms with E-state index in [0.717, 1.165) is 30.5 Å². The Labute approximate surface area is 131 Å². The molecule has 0 saturated heterocycles. The van der Waals surface area contributed by atoms with Crippen molar-refractivity contribution in [3.05, 3.63) is 57.9 Å². The van der Waals surface area contributed by atoms with E-state index in [1.54, 1.807) is 6.07 Å². The summed E-state index contributed by atoms with van der Waals surface area (Å²) in [6, 6.07) is 14.0. The summed E-state index contributed by atoms with van der Waals surface area (Å²) in [7, 11) is 0. The maximum Gasteiger partial charge on any atom is 0.255 e. The molecule has 0 bridgehead atoms. The molecule has 1 aromatic carbocycles. The number of nitrogens with zero attached hydrogens (tertiary/aromatic N) is 2. The van der Waals surface area contributed by atoms with E-state index >= 15 is 0 Å². The van der Waals surface area contributed by atoms with E-state index in [0.29, 0.717) is 12.1 Å². The quantitative estimate of drug-likeness (QED) is 0.754. The van der Waals surface area contributed by atoms with Crippen LogP contribution in [0.1, 0.15) is 37.3 Å². The minimum Gasteiger partial charge on any atom is -0.308 e. The Kier molecular flexibility index (Phi) is 5.55. The molecule has 3 nitrogen and oxygen atoms in total. The summed E-state index contributed by atoms with van der Waals surface area (Å²) >= 11 is 0. The van der Waals surface area contributed by atoms with Gasteiger partial charge in [0.25, 0.3) is 5.56 Å². The van der Waals surface area contributed by atoms with Gasteiger partial charge in [0.2, 0.25) is 0 Å². The molecule has 0 fully saturated rings. The molecule has 3 heteroatoms. The van der Waals surface area contributed by atoms with Crippen molar-refractivity contribution >= 4 is 0 Å². The molecule has 1 heterocycles. The van der Waals surface area contributed by atoms with Crippen molar-refractivity contribution in [3.8, 4) is 17.3 Å². The molecule has 0 spiro atoms. The summed E-state index contributed by atoms with van der Waals surface area (Å²) in [5.41, 5.74) is 3.72. The van der Waals surface area contributed by atoms with Crippen LogP contribution in [0.4, 0.5) is 0 Å². The third-order valence-electron chi connectivity index (χ3n) is 3.86. The van der Waals surface area contributed by atoms with Crippen LogP contribution in [0, 0.1) is 18.3 Å². The molecule has 0 radical (unpaired) electrons. The van der Waals surface area contributed by atoms with Crippen LogP contribution >= 0.6 is 0 Å². The van der Waals surface area contributed by atoms with Crippen LogP contribution < -0.4 is 5.56 Å². The maximum atomic E-state index is 12.6. The molecule has 0 N–H and O–H groups in total. The molecule has 0 atom stereocenters. The minimum atomic E-state index is -0.0317. The molecule has 0 unspecified atom stereocenters. The van der Waals surface area contributed by atoms with Crippen LogP contribution in [0.15, 0.2) is 41.2 Å². The van der Waals surface area contributed by atoms with Gasteiger partial charge in [-0.15, -0.1) is 0 Å². The second-order valence-corrected chi connectivity index (χ2v) is 5.61. The first-order chi connectivity index (χ1) is 10.7. The zero-order valence-corrected chi connectivity index (χ0v) is 13.3. The van der Waals surface area contributed by atoms with Gasteiger partial charge in [-0.1, -0.05) is 55.7 Å². The summed E-state index contributed by atoms with van der Waals surface area (Å²) in [5.74, 6) is 0. The largest absolute Gasteiger partial charge is 0.308 e. The van der Waals surface area contributed by atoms with Gasteiger partial charge in [0.1, 0.15) is 0 Å². The summed E-state index contributed by atoms with van der Waals surface area (Å²) in [6.45, 7) is 4.90. The van der Waals surface area contributed by atoms with Crippen LogP contribution in [-0.4, -0.2) is 4.57 Å². The fourth-order valence-corrected chi connectivity index (χ4v) is 2.56. The molecular weight excluding hydrogens is 272 g/mol. The lowest BCUT2D eigenvalue weighted by Gasteiger charge is -2.14. The first kappa shape index (κ1) is 16.0. The molecule has 114 valence electrons. The smallest absolute Gasteiger partial charge is 0.255 e. The lowest BCUT2D eigenvalue weighted by molar-refractivity contribution is 0.589. The molecule has 2 aromatic rings.